The average Bonchev–Trinajstić information content (AvgIpc) is 2.76. The Hall–Kier alpha value is -3.65. The predicted molar refractivity (Wildman–Crippen MR) is 116 cm³/mol. The van der Waals surface area contributed by atoms with Crippen molar-refractivity contribution >= 4 is 21.7 Å². The van der Waals surface area contributed by atoms with Crippen molar-refractivity contribution in [1.29, 1.82) is 0 Å². The normalized spacial score (nSPS) is 11.1. The molecule has 28 heavy (non-hydrogen) atoms. The summed E-state index contributed by atoms with van der Waals surface area (Å²) < 4.78 is 0. The predicted octanol–water partition coefficient (Wildman–Crippen LogP) is 6.35. The zero-order valence-corrected chi connectivity index (χ0v) is 15.3. The maximum Gasteiger partial charge on any atom is 0.119 e. The Morgan fingerprint density at radius 3 is 2.36 bits per heavy atom. The van der Waals surface area contributed by atoms with Crippen molar-refractivity contribution in [3.05, 3.63) is 108 Å². The fraction of sp³-hybridized carbons (Fsp3) is 0.0385. The van der Waals surface area contributed by atoms with Gasteiger partial charge in [-0.2, -0.15) is 0 Å². The van der Waals surface area contributed by atoms with E-state index in [1.807, 2.05) is 36.5 Å². The Morgan fingerprint density at radius 2 is 1.46 bits per heavy atom. The van der Waals surface area contributed by atoms with Gasteiger partial charge in [-0.3, -0.25) is 4.98 Å². The molecule has 0 spiro atoms. The van der Waals surface area contributed by atoms with E-state index in [0.29, 0.717) is 12.2 Å². The van der Waals surface area contributed by atoms with Crippen molar-refractivity contribution in [2.45, 2.75) is 6.42 Å². The Balaban J connectivity index is 1.69. The van der Waals surface area contributed by atoms with Crippen molar-refractivity contribution < 1.29 is 5.11 Å². The molecule has 1 heterocycles. The van der Waals surface area contributed by atoms with Gasteiger partial charge in [-0.15, -0.1) is 0 Å². The van der Waals surface area contributed by atoms with Gasteiger partial charge in [0.1, 0.15) is 5.75 Å². The molecular formula is C26H19NO. The number of nitrogens with zero attached hydrogens (tertiary/aromatic N) is 1. The maximum absolute atomic E-state index is 10.6. The zero-order valence-electron chi connectivity index (χ0n) is 15.3. The number of aromatic nitrogens is 1. The molecule has 2 nitrogen and oxygen atoms in total. The maximum atomic E-state index is 10.6. The van der Waals surface area contributed by atoms with Gasteiger partial charge in [-0.05, 0) is 39.6 Å². The highest BCUT2D eigenvalue weighted by Crippen LogP contribution is 2.34. The monoisotopic (exact) mass is 361 g/mol. The SMILES string of the molecule is Oc1ccc2ccccc2c1Cc1ccc(-c2ccccc2)c2cccnc12. The van der Waals surface area contributed by atoms with E-state index in [1.165, 1.54) is 11.1 Å². The number of hydrogen-bond acceptors (Lipinski definition) is 2. The lowest BCUT2D eigenvalue weighted by Gasteiger charge is -2.13. The van der Waals surface area contributed by atoms with Crippen molar-refractivity contribution in [3.63, 3.8) is 0 Å². The van der Waals surface area contributed by atoms with Crippen LogP contribution in [-0.2, 0) is 6.42 Å². The Labute approximate surface area is 163 Å². The number of phenolic OH excluding ortho intramolecular Hbond substituents is 1. The number of phenols is 1. The number of aromatic hydroxyl groups is 1. The first kappa shape index (κ1) is 16.5. The van der Waals surface area contributed by atoms with Gasteiger partial charge in [0.2, 0.25) is 0 Å². The van der Waals surface area contributed by atoms with Crippen LogP contribution in [0, 0.1) is 0 Å². The van der Waals surface area contributed by atoms with Crippen LogP contribution >= 0.6 is 0 Å². The van der Waals surface area contributed by atoms with Crippen LogP contribution in [-0.4, -0.2) is 10.1 Å². The summed E-state index contributed by atoms with van der Waals surface area (Å²) in [6, 6.07) is 30.7. The van der Waals surface area contributed by atoms with Gasteiger partial charge < -0.3 is 5.11 Å². The second kappa shape index (κ2) is 6.82. The molecule has 5 rings (SSSR count). The molecule has 0 aliphatic rings. The van der Waals surface area contributed by atoms with E-state index in [2.05, 4.69) is 54.6 Å². The molecule has 134 valence electrons. The summed E-state index contributed by atoms with van der Waals surface area (Å²) in [5, 5.41) is 13.9. The van der Waals surface area contributed by atoms with Crippen molar-refractivity contribution in [2.75, 3.05) is 0 Å². The minimum Gasteiger partial charge on any atom is -0.508 e. The summed E-state index contributed by atoms with van der Waals surface area (Å²) in [6.07, 6.45) is 2.47. The van der Waals surface area contributed by atoms with Gasteiger partial charge in [-0.25, -0.2) is 0 Å². The second-order valence-electron chi connectivity index (χ2n) is 7.00. The molecule has 0 atom stereocenters. The number of benzene rings is 4. The molecule has 0 fully saturated rings. The lowest BCUT2D eigenvalue weighted by Crippen LogP contribution is -1.95. The second-order valence-corrected chi connectivity index (χ2v) is 7.00. The van der Waals surface area contributed by atoms with E-state index in [9.17, 15) is 5.11 Å². The number of pyridine rings is 1. The van der Waals surface area contributed by atoms with Crippen molar-refractivity contribution in [1.82, 2.24) is 4.98 Å². The summed E-state index contributed by atoms with van der Waals surface area (Å²) in [4.78, 5) is 4.69. The fourth-order valence-corrected chi connectivity index (χ4v) is 3.94. The van der Waals surface area contributed by atoms with Crippen molar-refractivity contribution in [2.24, 2.45) is 0 Å². The first-order valence-corrected chi connectivity index (χ1v) is 9.43. The third-order valence-electron chi connectivity index (χ3n) is 5.32. The van der Waals surface area contributed by atoms with Crippen LogP contribution in [0.2, 0.25) is 0 Å². The average molecular weight is 361 g/mol. The highest BCUT2D eigenvalue weighted by Gasteiger charge is 2.13. The Morgan fingerprint density at radius 1 is 0.679 bits per heavy atom. The molecule has 0 amide bonds. The third kappa shape index (κ3) is 2.80. The first-order chi connectivity index (χ1) is 13.8. The molecule has 0 saturated carbocycles. The molecule has 0 saturated heterocycles. The molecule has 0 unspecified atom stereocenters. The van der Waals surface area contributed by atoms with E-state index >= 15 is 0 Å². The largest absolute Gasteiger partial charge is 0.508 e. The lowest BCUT2D eigenvalue weighted by atomic mass is 9.93. The smallest absolute Gasteiger partial charge is 0.119 e. The molecule has 0 aliphatic heterocycles. The van der Waals surface area contributed by atoms with Crippen LogP contribution in [0.1, 0.15) is 11.1 Å². The van der Waals surface area contributed by atoms with E-state index in [0.717, 1.165) is 32.8 Å². The van der Waals surface area contributed by atoms with E-state index < -0.39 is 0 Å². The third-order valence-corrected chi connectivity index (χ3v) is 5.32. The minimum atomic E-state index is 0.329. The summed E-state index contributed by atoms with van der Waals surface area (Å²) in [5.41, 5.74) is 5.39. The standard InChI is InChI=1S/C26H19NO/c28-25-15-13-19-9-4-5-10-21(19)24(25)17-20-12-14-22(18-7-2-1-3-8-18)23-11-6-16-27-26(20)23/h1-16,28H,17H2. The molecular weight excluding hydrogens is 342 g/mol. The van der Waals surface area contributed by atoms with Crippen LogP contribution in [0.15, 0.2) is 97.2 Å². The van der Waals surface area contributed by atoms with Crippen LogP contribution < -0.4 is 0 Å². The lowest BCUT2D eigenvalue weighted by molar-refractivity contribution is 0.470. The molecule has 1 N–H and O–H groups in total. The number of hydrogen-bond donors (Lipinski definition) is 1. The van der Waals surface area contributed by atoms with Crippen LogP contribution in [0.25, 0.3) is 32.8 Å². The Bertz CT molecular complexity index is 1290. The molecule has 5 aromatic rings. The van der Waals surface area contributed by atoms with Gasteiger partial charge in [0.05, 0.1) is 5.52 Å². The molecule has 1 aromatic heterocycles. The highest BCUT2D eigenvalue weighted by molar-refractivity contribution is 5.97. The zero-order chi connectivity index (χ0) is 18.9. The first-order valence-electron chi connectivity index (χ1n) is 9.43. The topological polar surface area (TPSA) is 33.1 Å². The highest BCUT2D eigenvalue weighted by atomic mass is 16.3. The Kier molecular flexibility index (Phi) is 4.02. The fourth-order valence-electron chi connectivity index (χ4n) is 3.94. The molecule has 0 radical (unpaired) electrons. The van der Waals surface area contributed by atoms with E-state index in [1.54, 1.807) is 6.07 Å². The van der Waals surface area contributed by atoms with E-state index in [4.69, 9.17) is 4.98 Å². The van der Waals surface area contributed by atoms with Gasteiger partial charge in [0.15, 0.2) is 0 Å². The van der Waals surface area contributed by atoms with Crippen LogP contribution in [0.4, 0.5) is 0 Å². The van der Waals surface area contributed by atoms with Gasteiger partial charge >= 0.3 is 0 Å². The summed E-state index contributed by atoms with van der Waals surface area (Å²) in [7, 11) is 0. The molecule has 0 bridgehead atoms. The number of rotatable bonds is 3. The van der Waals surface area contributed by atoms with Gasteiger partial charge in [-0.1, -0.05) is 78.9 Å². The van der Waals surface area contributed by atoms with E-state index in [-0.39, 0.29) is 0 Å². The van der Waals surface area contributed by atoms with Gasteiger partial charge in [0, 0.05) is 23.6 Å². The van der Waals surface area contributed by atoms with Crippen LogP contribution in [0.5, 0.6) is 5.75 Å². The number of fused-ring (bicyclic) bond motifs is 2. The molecule has 2 heteroatoms. The molecule has 4 aromatic carbocycles. The van der Waals surface area contributed by atoms with Crippen molar-refractivity contribution in [3.8, 4) is 16.9 Å². The quantitative estimate of drug-likeness (QED) is 0.406. The summed E-state index contributed by atoms with van der Waals surface area (Å²) in [6.45, 7) is 0. The van der Waals surface area contributed by atoms with Gasteiger partial charge in [0.25, 0.3) is 0 Å². The summed E-state index contributed by atoms with van der Waals surface area (Å²) in [5.74, 6) is 0.329. The summed E-state index contributed by atoms with van der Waals surface area (Å²) >= 11 is 0. The van der Waals surface area contributed by atoms with Crippen LogP contribution in [0.3, 0.4) is 0 Å². The minimum absolute atomic E-state index is 0.329. The molecule has 0 aliphatic carbocycles.